The lowest BCUT2D eigenvalue weighted by atomic mass is 9.89. The van der Waals surface area contributed by atoms with Crippen molar-refractivity contribution in [2.45, 2.75) is 19.3 Å². The number of rotatable bonds is 6. The minimum absolute atomic E-state index is 0. The van der Waals surface area contributed by atoms with Gasteiger partial charge in [-0.1, -0.05) is 37.3 Å². The Morgan fingerprint density at radius 3 is 2.26 bits per heavy atom. The Morgan fingerprint density at radius 1 is 1.04 bits per heavy atom. The van der Waals surface area contributed by atoms with Gasteiger partial charge in [0.25, 0.3) is 0 Å². The number of nitrogens with two attached hydrogens (primary N) is 1. The minimum Gasteiger partial charge on any atom is -0.342 e. The van der Waals surface area contributed by atoms with Crippen molar-refractivity contribution >= 4 is 30.7 Å². The molecule has 7 heteroatoms. The van der Waals surface area contributed by atoms with E-state index in [0.717, 1.165) is 52.4 Å². The van der Waals surface area contributed by atoms with Crippen molar-refractivity contribution in [2.75, 3.05) is 58.9 Å². The number of piperazine rings is 1. The van der Waals surface area contributed by atoms with E-state index in [4.69, 9.17) is 5.73 Å². The Hall–Kier alpha value is -0.850. The number of hydrogen-bond donors (Lipinski definition) is 1. The number of amides is 1. The number of carbonyl (C=O) groups is 1. The number of likely N-dealkylation sites (N-methyl/N-ethyl adjacent to an activating group) is 1. The third-order valence-corrected chi connectivity index (χ3v) is 5.88. The third-order valence-electron chi connectivity index (χ3n) is 5.88. The molecule has 2 saturated heterocycles. The maximum absolute atomic E-state index is 12.7. The average Bonchev–Trinajstić information content (AvgIpc) is 3.12. The van der Waals surface area contributed by atoms with E-state index in [-0.39, 0.29) is 30.7 Å². The van der Waals surface area contributed by atoms with Crippen LogP contribution in [-0.2, 0) is 4.79 Å². The SMILES string of the molecule is CCN1CCN(CCC(=O)N2C[C@@H](CN)[C@H](c3ccccc3)C2)CC1.Cl.Cl. The number of benzene rings is 1. The molecule has 2 aliphatic rings. The Balaban J connectivity index is 0.00000182. The fraction of sp³-hybridized carbons (Fsp3) is 0.650. The third kappa shape index (κ3) is 6.33. The maximum Gasteiger partial charge on any atom is 0.223 e. The van der Waals surface area contributed by atoms with Gasteiger partial charge in [0.15, 0.2) is 0 Å². The van der Waals surface area contributed by atoms with E-state index in [0.29, 0.717) is 24.8 Å². The molecule has 2 fully saturated rings. The molecule has 2 heterocycles. The number of nitrogens with zero attached hydrogens (tertiary/aromatic N) is 3. The first-order valence-electron chi connectivity index (χ1n) is 9.68. The van der Waals surface area contributed by atoms with E-state index in [1.165, 1.54) is 5.56 Å². The van der Waals surface area contributed by atoms with E-state index in [1.807, 2.05) is 11.0 Å². The van der Waals surface area contributed by atoms with E-state index in [2.05, 4.69) is 41.0 Å². The van der Waals surface area contributed by atoms with E-state index >= 15 is 0 Å². The largest absolute Gasteiger partial charge is 0.342 e. The lowest BCUT2D eigenvalue weighted by Gasteiger charge is -2.34. The van der Waals surface area contributed by atoms with Crippen molar-refractivity contribution < 1.29 is 4.79 Å². The molecule has 27 heavy (non-hydrogen) atoms. The molecule has 3 rings (SSSR count). The van der Waals surface area contributed by atoms with Crippen molar-refractivity contribution in [3.05, 3.63) is 35.9 Å². The summed E-state index contributed by atoms with van der Waals surface area (Å²) in [6, 6.07) is 10.5. The molecule has 0 spiro atoms. The summed E-state index contributed by atoms with van der Waals surface area (Å²) in [4.78, 5) is 19.6. The molecular weight excluding hydrogens is 383 g/mol. The van der Waals surface area contributed by atoms with Gasteiger partial charge >= 0.3 is 0 Å². The van der Waals surface area contributed by atoms with Crippen LogP contribution in [0.2, 0.25) is 0 Å². The molecule has 1 aromatic rings. The second-order valence-electron chi connectivity index (χ2n) is 7.34. The van der Waals surface area contributed by atoms with Crippen molar-refractivity contribution in [1.82, 2.24) is 14.7 Å². The lowest BCUT2D eigenvalue weighted by molar-refractivity contribution is -0.130. The van der Waals surface area contributed by atoms with E-state index in [9.17, 15) is 4.79 Å². The second kappa shape index (κ2) is 11.9. The zero-order valence-electron chi connectivity index (χ0n) is 16.3. The normalized spacial score (nSPS) is 23.6. The molecule has 0 aliphatic carbocycles. The fourth-order valence-electron chi connectivity index (χ4n) is 4.13. The zero-order chi connectivity index (χ0) is 17.6. The highest BCUT2D eigenvalue weighted by molar-refractivity contribution is 5.85. The zero-order valence-corrected chi connectivity index (χ0v) is 17.9. The van der Waals surface area contributed by atoms with Crippen LogP contribution in [0.3, 0.4) is 0 Å². The van der Waals surface area contributed by atoms with Gasteiger partial charge in [-0.15, -0.1) is 24.8 Å². The van der Waals surface area contributed by atoms with Gasteiger partial charge in [0.1, 0.15) is 0 Å². The molecule has 0 radical (unpaired) electrons. The Morgan fingerprint density at radius 2 is 1.67 bits per heavy atom. The first kappa shape index (κ1) is 24.2. The molecule has 5 nitrogen and oxygen atoms in total. The van der Waals surface area contributed by atoms with Crippen LogP contribution in [0.15, 0.2) is 30.3 Å². The standard InChI is InChI=1S/C20H32N4O.2ClH/c1-2-22-10-12-23(13-11-22)9-8-20(25)24-15-18(14-21)19(16-24)17-6-4-3-5-7-17;;/h3-7,18-19H,2,8-16,21H2,1H3;2*1H/t18-,19+;;/m1../s1. The molecule has 0 unspecified atom stereocenters. The van der Waals surface area contributed by atoms with Gasteiger partial charge in [-0.05, 0) is 24.6 Å². The highest BCUT2D eigenvalue weighted by Crippen LogP contribution is 2.32. The second-order valence-corrected chi connectivity index (χ2v) is 7.34. The summed E-state index contributed by atoms with van der Waals surface area (Å²) in [7, 11) is 0. The van der Waals surface area contributed by atoms with Crippen molar-refractivity contribution in [2.24, 2.45) is 11.7 Å². The van der Waals surface area contributed by atoms with Gasteiger partial charge in [-0.25, -0.2) is 0 Å². The first-order valence-corrected chi connectivity index (χ1v) is 9.68. The molecule has 2 atom stereocenters. The van der Waals surface area contributed by atoms with Crippen molar-refractivity contribution in [1.29, 1.82) is 0 Å². The van der Waals surface area contributed by atoms with Gasteiger partial charge < -0.3 is 20.4 Å². The van der Waals surface area contributed by atoms with Gasteiger partial charge in [0, 0.05) is 58.2 Å². The predicted molar refractivity (Wildman–Crippen MR) is 116 cm³/mol. The molecule has 0 saturated carbocycles. The Labute approximate surface area is 176 Å². The summed E-state index contributed by atoms with van der Waals surface area (Å²) in [5.41, 5.74) is 7.30. The number of likely N-dealkylation sites (tertiary alicyclic amines) is 1. The molecule has 154 valence electrons. The smallest absolute Gasteiger partial charge is 0.223 e. The summed E-state index contributed by atoms with van der Waals surface area (Å²) >= 11 is 0. The molecule has 2 N–H and O–H groups in total. The quantitative estimate of drug-likeness (QED) is 0.770. The molecule has 0 aromatic heterocycles. The Kier molecular flexibility index (Phi) is 10.6. The summed E-state index contributed by atoms with van der Waals surface area (Å²) in [6.45, 7) is 10.9. The van der Waals surface area contributed by atoms with Crippen LogP contribution in [0.5, 0.6) is 0 Å². The van der Waals surface area contributed by atoms with Crippen LogP contribution >= 0.6 is 24.8 Å². The van der Waals surface area contributed by atoms with Gasteiger partial charge in [-0.3, -0.25) is 4.79 Å². The molecule has 1 amide bonds. The number of hydrogen-bond acceptors (Lipinski definition) is 4. The molecule has 2 aliphatic heterocycles. The van der Waals surface area contributed by atoms with Crippen molar-refractivity contribution in [3.8, 4) is 0 Å². The van der Waals surface area contributed by atoms with Crippen LogP contribution in [0.25, 0.3) is 0 Å². The predicted octanol–water partition coefficient (Wildman–Crippen LogP) is 2.06. The van der Waals surface area contributed by atoms with Crippen LogP contribution < -0.4 is 5.73 Å². The van der Waals surface area contributed by atoms with Crippen LogP contribution in [0, 0.1) is 5.92 Å². The fourth-order valence-corrected chi connectivity index (χ4v) is 4.13. The lowest BCUT2D eigenvalue weighted by Crippen LogP contribution is -2.47. The van der Waals surface area contributed by atoms with E-state index in [1.54, 1.807) is 0 Å². The van der Waals surface area contributed by atoms with Crippen LogP contribution in [0.1, 0.15) is 24.8 Å². The summed E-state index contributed by atoms with van der Waals surface area (Å²) in [5.74, 6) is 1.04. The monoisotopic (exact) mass is 416 g/mol. The van der Waals surface area contributed by atoms with Gasteiger partial charge in [0.05, 0.1) is 0 Å². The summed E-state index contributed by atoms with van der Waals surface area (Å²) in [6.07, 6.45) is 0.630. The number of carbonyl (C=O) groups excluding carboxylic acids is 1. The van der Waals surface area contributed by atoms with Gasteiger partial charge in [0.2, 0.25) is 5.91 Å². The minimum atomic E-state index is 0. The van der Waals surface area contributed by atoms with Crippen LogP contribution in [-0.4, -0.2) is 79.5 Å². The molecule has 0 bridgehead atoms. The van der Waals surface area contributed by atoms with Gasteiger partial charge in [-0.2, -0.15) is 0 Å². The highest BCUT2D eigenvalue weighted by atomic mass is 35.5. The van der Waals surface area contributed by atoms with Crippen LogP contribution in [0.4, 0.5) is 0 Å². The Bertz CT molecular complexity index is 552. The maximum atomic E-state index is 12.7. The highest BCUT2D eigenvalue weighted by Gasteiger charge is 2.35. The summed E-state index contributed by atoms with van der Waals surface area (Å²) < 4.78 is 0. The average molecular weight is 417 g/mol. The van der Waals surface area contributed by atoms with Crippen molar-refractivity contribution in [3.63, 3.8) is 0 Å². The number of halogens is 2. The molecular formula is C20H34Cl2N4O. The first-order chi connectivity index (χ1) is 12.2. The topological polar surface area (TPSA) is 52.8 Å². The molecule has 1 aromatic carbocycles. The van der Waals surface area contributed by atoms with E-state index < -0.39 is 0 Å². The summed E-state index contributed by atoms with van der Waals surface area (Å²) in [5, 5.41) is 0.